The molecule has 0 unspecified atom stereocenters. The lowest BCUT2D eigenvalue weighted by Crippen LogP contribution is -2.68. The zero-order chi connectivity index (χ0) is 30.6. The Bertz CT molecular complexity index is 1750. The van der Waals surface area contributed by atoms with Gasteiger partial charge in [-0.2, -0.15) is 0 Å². The number of thiol groups is 2. The number of fused-ring (bicyclic) bond motifs is 5. The second kappa shape index (κ2) is 10.7. The second-order valence-corrected chi connectivity index (χ2v) is 13.7. The molecule has 14 heteroatoms. The van der Waals surface area contributed by atoms with Crippen molar-refractivity contribution in [3.63, 3.8) is 0 Å². The molecule has 0 radical (unpaired) electrons. The van der Waals surface area contributed by atoms with Gasteiger partial charge in [-0.3, -0.25) is 14.5 Å². The summed E-state index contributed by atoms with van der Waals surface area (Å²) in [6, 6.07) is 22.3. The molecule has 2 fully saturated rings. The first-order chi connectivity index (χ1) is 20.6. The van der Waals surface area contributed by atoms with Crippen LogP contribution in [-0.2, 0) is 25.0 Å². The van der Waals surface area contributed by atoms with Gasteiger partial charge in [-0.1, -0.05) is 53.6 Å². The zero-order valence-electron chi connectivity index (χ0n) is 23.0. The number of carbonyl (C=O) groups is 2. The van der Waals surface area contributed by atoms with Gasteiger partial charge in [0.05, 0.1) is 22.6 Å². The lowest BCUT2D eigenvalue weighted by atomic mass is 9.72. The molecule has 3 heterocycles. The SMILES string of the molecule is CN1C(=O)[C@@]2(S)C[C@]3(c4ccc(OCCCN=[N+]=[N-])cc4)c4ccccc4N(S(=O)(=O)c4ccccc4)[C@@H]3N2C(=O)[C@@H]1S. The van der Waals surface area contributed by atoms with Gasteiger partial charge in [0.25, 0.3) is 21.8 Å². The van der Waals surface area contributed by atoms with Crippen LogP contribution in [0.1, 0.15) is 24.0 Å². The highest BCUT2D eigenvalue weighted by Crippen LogP contribution is 2.63. The van der Waals surface area contributed by atoms with Crippen molar-refractivity contribution >= 4 is 52.8 Å². The molecular formula is C29H28N6O5S3. The van der Waals surface area contributed by atoms with Crippen LogP contribution >= 0.6 is 25.3 Å². The van der Waals surface area contributed by atoms with Crippen LogP contribution in [-0.4, -0.2) is 66.6 Å². The quantitative estimate of drug-likeness (QED) is 0.126. The van der Waals surface area contributed by atoms with Gasteiger partial charge in [0.15, 0.2) is 10.2 Å². The first-order valence-electron chi connectivity index (χ1n) is 13.5. The monoisotopic (exact) mass is 636 g/mol. The Labute approximate surface area is 259 Å². The minimum absolute atomic E-state index is 0.0212. The Morgan fingerprint density at radius 2 is 1.72 bits per heavy atom. The topological polar surface area (TPSA) is 136 Å². The summed E-state index contributed by atoms with van der Waals surface area (Å²) in [5.74, 6) is -0.400. The van der Waals surface area contributed by atoms with E-state index in [0.717, 1.165) is 0 Å². The minimum Gasteiger partial charge on any atom is -0.494 e. The Morgan fingerprint density at radius 1 is 1.05 bits per heavy atom. The van der Waals surface area contributed by atoms with Crippen molar-refractivity contribution in [2.45, 2.75) is 39.6 Å². The minimum atomic E-state index is -4.23. The van der Waals surface area contributed by atoms with Crippen LogP contribution in [0.15, 0.2) is 88.9 Å². The number of hydrogen-bond acceptors (Lipinski definition) is 8. The van der Waals surface area contributed by atoms with Gasteiger partial charge in [-0.05, 0) is 53.4 Å². The van der Waals surface area contributed by atoms with E-state index in [1.54, 1.807) is 42.5 Å². The predicted octanol–water partition coefficient (Wildman–Crippen LogP) is 4.17. The smallest absolute Gasteiger partial charge is 0.266 e. The maximum atomic E-state index is 14.5. The average Bonchev–Trinajstić information content (AvgIpc) is 3.46. The molecular weight excluding hydrogens is 609 g/mol. The van der Waals surface area contributed by atoms with Gasteiger partial charge in [-0.15, -0.1) is 25.3 Å². The summed E-state index contributed by atoms with van der Waals surface area (Å²) in [7, 11) is -2.74. The first-order valence-corrected chi connectivity index (χ1v) is 15.9. The molecule has 0 N–H and O–H groups in total. The second-order valence-electron chi connectivity index (χ2n) is 10.6. The Hall–Kier alpha value is -3.84. The summed E-state index contributed by atoms with van der Waals surface area (Å²) >= 11 is 9.32. The number of para-hydroxylation sites is 1. The lowest BCUT2D eigenvalue weighted by Gasteiger charge is -2.47. The van der Waals surface area contributed by atoms with Crippen molar-refractivity contribution in [2.24, 2.45) is 5.11 Å². The third-order valence-electron chi connectivity index (χ3n) is 8.35. The molecule has 0 bridgehead atoms. The van der Waals surface area contributed by atoms with Crippen LogP contribution in [0.2, 0.25) is 0 Å². The maximum absolute atomic E-state index is 14.5. The third-order valence-corrected chi connectivity index (χ3v) is 11.3. The molecule has 0 aliphatic carbocycles. The predicted molar refractivity (Wildman–Crippen MR) is 166 cm³/mol. The number of benzene rings is 3. The fourth-order valence-corrected chi connectivity index (χ4v) is 8.99. The fourth-order valence-electron chi connectivity index (χ4n) is 6.46. The van der Waals surface area contributed by atoms with E-state index in [1.807, 2.05) is 24.3 Å². The maximum Gasteiger partial charge on any atom is 0.266 e. The normalized spacial score (nSPS) is 26.1. The number of sulfonamides is 1. The van der Waals surface area contributed by atoms with Gasteiger partial charge in [0.2, 0.25) is 0 Å². The van der Waals surface area contributed by atoms with Crippen LogP contribution in [0.4, 0.5) is 5.69 Å². The largest absolute Gasteiger partial charge is 0.494 e. The number of carbonyl (C=O) groups excluding carboxylic acids is 2. The molecule has 2 amide bonds. The van der Waals surface area contributed by atoms with Crippen LogP contribution in [0.3, 0.4) is 0 Å². The fraction of sp³-hybridized carbons (Fsp3) is 0.310. The molecule has 4 atom stereocenters. The Kier molecular flexibility index (Phi) is 7.28. The molecule has 6 rings (SSSR count). The van der Waals surface area contributed by atoms with Gasteiger partial charge >= 0.3 is 0 Å². The number of rotatable bonds is 8. The number of piperazine rings is 1. The van der Waals surface area contributed by atoms with Crippen LogP contribution < -0.4 is 9.04 Å². The molecule has 3 aliphatic rings. The molecule has 0 aromatic heterocycles. The van der Waals surface area contributed by atoms with E-state index in [0.29, 0.717) is 42.1 Å². The Balaban J connectivity index is 1.54. The van der Waals surface area contributed by atoms with E-state index in [9.17, 15) is 18.0 Å². The van der Waals surface area contributed by atoms with Crippen LogP contribution in [0.25, 0.3) is 10.4 Å². The molecule has 3 aromatic rings. The molecule has 43 heavy (non-hydrogen) atoms. The summed E-state index contributed by atoms with van der Waals surface area (Å²) in [6.45, 7) is 0.647. The number of nitrogens with zero attached hydrogens (tertiary/aromatic N) is 6. The number of anilines is 1. The van der Waals surface area contributed by atoms with Crippen molar-refractivity contribution in [3.8, 4) is 5.75 Å². The molecule has 11 nitrogen and oxygen atoms in total. The number of hydrogen-bond donors (Lipinski definition) is 2. The molecule has 0 spiro atoms. The van der Waals surface area contributed by atoms with Gasteiger partial charge in [0, 0.05) is 24.9 Å². The van der Waals surface area contributed by atoms with Crippen molar-refractivity contribution in [2.75, 3.05) is 24.5 Å². The van der Waals surface area contributed by atoms with Crippen LogP contribution in [0.5, 0.6) is 5.75 Å². The number of azide groups is 1. The summed E-state index contributed by atoms with van der Waals surface area (Å²) in [5, 5.41) is 2.39. The zero-order valence-corrected chi connectivity index (χ0v) is 25.6. The highest BCUT2D eigenvalue weighted by Gasteiger charge is 2.73. The summed E-state index contributed by atoms with van der Waals surface area (Å²) in [5.41, 5.74) is 9.07. The van der Waals surface area contributed by atoms with E-state index >= 15 is 0 Å². The lowest BCUT2D eigenvalue weighted by molar-refractivity contribution is -0.157. The van der Waals surface area contributed by atoms with Gasteiger partial charge in [-0.25, -0.2) is 12.7 Å². The van der Waals surface area contributed by atoms with E-state index in [2.05, 4.69) is 22.7 Å². The molecule has 0 saturated carbocycles. The van der Waals surface area contributed by atoms with E-state index < -0.39 is 43.7 Å². The molecule has 222 valence electrons. The van der Waals surface area contributed by atoms with Crippen molar-refractivity contribution in [1.29, 1.82) is 0 Å². The van der Waals surface area contributed by atoms with E-state index in [1.165, 1.54) is 33.3 Å². The highest BCUT2D eigenvalue weighted by molar-refractivity contribution is 7.93. The average molecular weight is 637 g/mol. The molecule has 2 saturated heterocycles. The summed E-state index contributed by atoms with van der Waals surface area (Å²) < 4.78 is 36.0. The highest BCUT2D eigenvalue weighted by atomic mass is 32.2. The van der Waals surface area contributed by atoms with Gasteiger partial charge in [0.1, 0.15) is 11.9 Å². The summed E-state index contributed by atoms with van der Waals surface area (Å²) in [6.07, 6.45) is -0.590. The van der Waals surface area contributed by atoms with Crippen LogP contribution in [0, 0.1) is 0 Å². The van der Waals surface area contributed by atoms with E-state index in [-0.39, 0.29) is 11.3 Å². The van der Waals surface area contributed by atoms with Crippen molar-refractivity contribution in [3.05, 3.63) is 100 Å². The van der Waals surface area contributed by atoms with Crippen molar-refractivity contribution < 1.29 is 22.7 Å². The van der Waals surface area contributed by atoms with E-state index in [4.69, 9.17) is 22.9 Å². The van der Waals surface area contributed by atoms with Crippen molar-refractivity contribution in [1.82, 2.24) is 9.80 Å². The standard InChI is InChI=1S/C29H28N6O5S3/c1-33-25(41)24(36)34-26-28(18-29(34,42)27(33)37,19-12-14-20(15-13-19)40-17-7-16-31-32-30)22-10-5-6-11-23(22)35(26)43(38,39)21-8-3-2-4-9-21/h2-6,8-15,25-26,41-42H,7,16-18H2,1H3/t25-,26-,28-,29-/m0/s1. The number of likely N-dealkylation sites (N-methyl/N-ethyl adjacent to an activating group) is 1. The third kappa shape index (κ3) is 4.27. The molecule has 3 aromatic carbocycles. The number of ether oxygens (including phenoxy) is 1. The molecule has 3 aliphatic heterocycles. The summed E-state index contributed by atoms with van der Waals surface area (Å²) in [4.78, 5) is 31.6. The number of amides is 2. The van der Waals surface area contributed by atoms with Gasteiger partial charge < -0.3 is 9.64 Å². The first kappa shape index (κ1) is 29.2. The Morgan fingerprint density at radius 3 is 2.42 bits per heavy atom.